The number of hydrogen-bond acceptors (Lipinski definition) is 4. The first kappa shape index (κ1) is 15.4. The summed E-state index contributed by atoms with van der Waals surface area (Å²) in [6.07, 6.45) is -0.418. The van der Waals surface area contributed by atoms with Gasteiger partial charge in [-0.15, -0.1) is 0 Å². The molecule has 1 aromatic carbocycles. The maximum absolute atomic E-state index is 10.4. The van der Waals surface area contributed by atoms with Gasteiger partial charge in [0, 0.05) is 39.3 Å². The van der Waals surface area contributed by atoms with E-state index in [4.69, 9.17) is 5.11 Å². The number of aliphatic hydroxyl groups is 2. The Labute approximate surface area is 121 Å². The summed E-state index contributed by atoms with van der Waals surface area (Å²) in [4.78, 5) is 4.56. The summed E-state index contributed by atoms with van der Waals surface area (Å²) < 4.78 is 0. The lowest BCUT2D eigenvalue weighted by Crippen LogP contribution is -2.48. The van der Waals surface area contributed by atoms with Gasteiger partial charge in [0.2, 0.25) is 0 Å². The Hall–Kier alpha value is -0.940. The summed E-state index contributed by atoms with van der Waals surface area (Å²) in [5.41, 5.74) is 3.50. The van der Waals surface area contributed by atoms with Gasteiger partial charge in [-0.1, -0.05) is 18.2 Å². The highest BCUT2D eigenvalue weighted by Gasteiger charge is 2.19. The van der Waals surface area contributed by atoms with Crippen molar-refractivity contribution in [1.82, 2.24) is 9.80 Å². The third-order valence-corrected chi connectivity index (χ3v) is 4.23. The van der Waals surface area contributed by atoms with E-state index >= 15 is 0 Å². The summed E-state index contributed by atoms with van der Waals surface area (Å²) in [5, 5.41) is 19.3. The average molecular weight is 278 g/mol. The zero-order valence-corrected chi connectivity index (χ0v) is 12.5. The lowest BCUT2D eigenvalue weighted by molar-refractivity contribution is 0.0661. The van der Waals surface area contributed by atoms with Crippen molar-refractivity contribution < 1.29 is 10.2 Å². The molecule has 0 aliphatic carbocycles. The number of aryl methyl sites for hydroxylation is 2. The van der Waals surface area contributed by atoms with Crippen LogP contribution in [0, 0.1) is 13.8 Å². The van der Waals surface area contributed by atoms with E-state index in [0.29, 0.717) is 6.54 Å². The highest BCUT2D eigenvalue weighted by molar-refractivity contribution is 5.31. The van der Waals surface area contributed by atoms with Crippen molar-refractivity contribution in [1.29, 1.82) is 0 Å². The molecule has 1 aliphatic heterocycles. The minimum Gasteiger partial charge on any atom is -0.395 e. The first-order valence-electron chi connectivity index (χ1n) is 7.41. The van der Waals surface area contributed by atoms with Crippen LogP contribution < -0.4 is 0 Å². The van der Waals surface area contributed by atoms with Crippen LogP contribution in [-0.2, 0) is 0 Å². The van der Waals surface area contributed by atoms with Gasteiger partial charge in [0.1, 0.15) is 0 Å². The smallest absolute Gasteiger partial charge is 0.0917 e. The normalized spacial score (nSPS) is 19.2. The molecule has 1 saturated heterocycles. The monoisotopic (exact) mass is 278 g/mol. The highest BCUT2D eigenvalue weighted by Crippen LogP contribution is 2.18. The Morgan fingerprint density at radius 1 is 1.05 bits per heavy atom. The molecular weight excluding hydrogens is 252 g/mol. The van der Waals surface area contributed by atoms with Gasteiger partial charge in [-0.2, -0.15) is 0 Å². The molecule has 0 aromatic heterocycles. The largest absolute Gasteiger partial charge is 0.395 e. The molecule has 2 N–H and O–H groups in total. The number of nitrogens with zero attached hydrogens (tertiary/aromatic N) is 2. The van der Waals surface area contributed by atoms with Crippen LogP contribution in [0.4, 0.5) is 0 Å². The molecular formula is C16H26N2O2. The summed E-state index contributed by atoms with van der Waals surface area (Å²) in [6.45, 7) is 9.71. The molecule has 0 unspecified atom stereocenters. The fourth-order valence-electron chi connectivity index (χ4n) is 2.66. The third-order valence-electron chi connectivity index (χ3n) is 4.23. The van der Waals surface area contributed by atoms with Crippen LogP contribution in [0.25, 0.3) is 0 Å². The van der Waals surface area contributed by atoms with Crippen LogP contribution >= 0.6 is 0 Å². The van der Waals surface area contributed by atoms with Crippen LogP contribution in [0.2, 0.25) is 0 Å². The summed E-state index contributed by atoms with van der Waals surface area (Å²) in [6, 6.07) is 6.18. The fourth-order valence-corrected chi connectivity index (χ4v) is 2.66. The Morgan fingerprint density at radius 2 is 1.70 bits per heavy atom. The van der Waals surface area contributed by atoms with Gasteiger partial charge in [-0.3, -0.25) is 9.80 Å². The number of hydrogen-bond donors (Lipinski definition) is 2. The van der Waals surface area contributed by atoms with Crippen LogP contribution in [-0.4, -0.2) is 65.9 Å². The number of rotatable bonds is 5. The summed E-state index contributed by atoms with van der Waals surface area (Å²) >= 11 is 0. The minimum atomic E-state index is -0.418. The molecule has 1 aliphatic rings. The molecule has 20 heavy (non-hydrogen) atoms. The Morgan fingerprint density at radius 3 is 2.30 bits per heavy atom. The molecule has 4 nitrogen and oxygen atoms in total. The van der Waals surface area contributed by atoms with E-state index in [1.807, 2.05) is 6.07 Å². The molecule has 0 amide bonds. The molecule has 4 heteroatoms. The number of benzene rings is 1. The molecule has 0 radical (unpaired) electrons. The third kappa shape index (κ3) is 4.03. The molecule has 1 fully saturated rings. The highest BCUT2D eigenvalue weighted by atomic mass is 16.3. The Kier molecular flexibility index (Phi) is 5.54. The van der Waals surface area contributed by atoms with Crippen molar-refractivity contribution in [2.24, 2.45) is 0 Å². The van der Waals surface area contributed by atoms with E-state index in [1.54, 1.807) is 0 Å². The molecule has 2 rings (SSSR count). The van der Waals surface area contributed by atoms with Crippen LogP contribution in [0.3, 0.4) is 0 Å². The number of β-amino-alcohol motifs (C(OH)–C–C–N with tert-alkyl or cyclic N) is 2. The van der Waals surface area contributed by atoms with E-state index in [0.717, 1.165) is 38.3 Å². The maximum Gasteiger partial charge on any atom is 0.0917 e. The average Bonchev–Trinajstić information content (AvgIpc) is 2.44. The summed E-state index contributed by atoms with van der Waals surface area (Å²) in [5.74, 6) is 0. The number of aliphatic hydroxyl groups excluding tert-OH is 2. The van der Waals surface area contributed by atoms with Crippen molar-refractivity contribution in [3.63, 3.8) is 0 Å². The van der Waals surface area contributed by atoms with E-state index in [9.17, 15) is 5.11 Å². The van der Waals surface area contributed by atoms with Gasteiger partial charge in [-0.25, -0.2) is 0 Å². The molecule has 0 spiro atoms. The van der Waals surface area contributed by atoms with E-state index < -0.39 is 6.10 Å². The van der Waals surface area contributed by atoms with E-state index in [-0.39, 0.29) is 6.61 Å². The van der Waals surface area contributed by atoms with Crippen LogP contribution in [0.5, 0.6) is 0 Å². The molecule has 1 atom stereocenters. The predicted octanol–water partition coefficient (Wildman–Crippen LogP) is 0.947. The maximum atomic E-state index is 10.4. The van der Waals surface area contributed by atoms with Gasteiger partial charge in [0.05, 0.1) is 12.7 Å². The van der Waals surface area contributed by atoms with Crippen LogP contribution in [0.1, 0.15) is 22.8 Å². The first-order valence-corrected chi connectivity index (χ1v) is 7.41. The SMILES string of the molecule is Cc1ccc([C@H](O)CN2CCN(CCO)CC2)cc1C. The van der Waals surface area contributed by atoms with E-state index in [2.05, 4.69) is 35.8 Å². The molecule has 1 aromatic rings. The Balaban J connectivity index is 1.85. The quantitative estimate of drug-likeness (QED) is 0.842. The van der Waals surface area contributed by atoms with Gasteiger partial charge >= 0.3 is 0 Å². The second kappa shape index (κ2) is 7.18. The molecule has 112 valence electrons. The van der Waals surface area contributed by atoms with Gasteiger partial charge in [0.25, 0.3) is 0 Å². The zero-order chi connectivity index (χ0) is 14.5. The second-order valence-electron chi connectivity index (χ2n) is 5.73. The molecule has 1 heterocycles. The molecule has 0 saturated carbocycles. The molecule has 0 bridgehead atoms. The Bertz CT molecular complexity index is 428. The second-order valence-corrected chi connectivity index (χ2v) is 5.73. The van der Waals surface area contributed by atoms with Gasteiger partial charge < -0.3 is 10.2 Å². The van der Waals surface area contributed by atoms with Crippen LogP contribution in [0.15, 0.2) is 18.2 Å². The van der Waals surface area contributed by atoms with Crippen molar-refractivity contribution in [2.45, 2.75) is 20.0 Å². The fraction of sp³-hybridized carbons (Fsp3) is 0.625. The van der Waals surface area contributed by atoms with Crippen molar-refractivity contribution in [3.05, 3.63) is 34.9 Å². The lowest BCUT2D eigenvalue weighted by Gasteiger charge is -2.35. The summed E-state index contributed by atoms with van der Waals surface area (Å²) in [7, 11) is 0. The van der Waals surface area contributed by atoms with Crippen molar-refractivity contribution in [2.75, 3.05) is 45.9 Å². The zero-order valence-electron chi connectivity index (χ0n) is 12.5. The van der Waals surface area contributed by atoms with E-state index in [1.165, 1.54) is 11.1 Å². The standard InChI is InChI=1S/C16H26N2O2/c1-13-3-4-15(11-14(13)2)16(20)12-18-7-5-17(6-8-18)9-10-19/h3-4,11,16,19-20H,5-10,12H2,1-2H3/t16-/m1/s1. The van der Waals surface area contributed by atoms with Crippen molar-refractivity contribution >= 4 is 0 Å². The van der Waals surface area contributed by atoms with Crippen molar-refractivity contribution in [3.8, 4) is 0 Å². The number of piperazine rings is 1. The van der Waals surface area contributed by atoms with Gasteiger partial charge in [-0.05, 0) is 30.5 Å². The lowest BCUT2D eigenvalue weighted by atomic mass is 10.0. The predicted molar refractivity (Wildman–Crippen MR) is 80.8 cm³/mol. The minimum absolute atomic E-state index is 0.227. The first-order chi connectivity index (χ1) is 9.60. The van der Waals surface area contributed by atoms with Gasteiger partial charge in [0.15, 0.2) is 0 Å². The topological polar surface area (TPSA) is 46.9 Å².